The molecule has 0 aromatic rings. The number of aliphatic hydroxyl groups is 1. The van der Waals surface area contributed by atoms with Crippen LogP contribution in [0.5, 0.6) is 0 Å². The van der Waals surface area contributed by atoms with Gasteiger partial charge in [0, 0.05) is 13.2 Å². The van der Waals surface area contributed by atoms with Crippen molar-refractivity contribution < 1.29 is 9.84 Å². The Bertz CT molecular complexity index is 111. The minimum absolute atomic E-state index is 0.291. The number of ether oxygens (including phenoxy) is 1. The average Bonchev–Trinajstić information content (AvgIpc) is 2.01. The van der Waals surface area contributed by atoms with Crippen LogP contribution in [-0.2, 0) is 4.74 Å². The maximum atomic E-state index is 9.08. The van der Waals surface area contributed by atoms with Gasteiger partial charge in [-0.1, -0.05) is 13.8 Å². The summed E-state index contributed by atoms with van der Waals surface area (Å²) < 4.78 is 5.44. The molecule has 80 valence electrons. The molecule has 0 heterocycles. The van der Waals surface area contributed by atoms with E-state index in [0.29, 0.717) is 24.5 Å². The van der Waals surface area contributed by atoms with E-state index in [2.05, 4.69) is 13.8 Å². The van der Waals surface area contributed by atoms with Gasteiger partial charge in [0.05, 0.1) is 6.10 Å². The molecule has 0 bridgehead atoms. The molecule has 13 heavy (non-hydrogen) atoms. The fraction of sp³-hybridized carbons (Fsp3) is 1.00. The molecule has 0 saturated heterocycles. The second-order valence-electron chi connectivity index (χ2n) is 4.39. The third-order valence-electron chi connectivity index (χ3n) is 2.04. The van der Waals surface area contributed by atoms with Crippen LogP contribution >= 0.6 is 0 Å². The first-order valence-electron chi connectivity index (χ1n) is 5.28. The Hall–Kier alpha value is -0.0800. The van der Waals surface area contributed by atoms with Crippen molar-refractivity contribution in [2.45, 2.75) is 46.6 Å². The fourth-order valence-electron chi connectivity index (χ4n) is 1.42. The van der Waals surface area contributed by atoms with Crippen LogP contribution in [0, 0.1) is 11.8 Å². The zero-order valence-corrected chi connectivity index (χ0v) is 9.42. The van der Waals surface area contributed by atoms with E-state index in [0.717, 1.165) is 19.4 Å². The summed E-state index contributed by atoms with van der Waals surface area (Å²) in [7, 11) is 0. The zero-order valence-electron chi connectivity index (χ0n) is 9.42. The molecule has 2 nitrogen and oxygen atoms in total. The van der Waals surface area contributed by atoms with Crippen LogP contribution in [0.4, 0.5) is 0 Å². The summed E-state index contributed by atoms with van der Waals surface area (Å²) in [6.07, 6.45) is 2.38. The van der Waals surface area contributed by atoms with E-state index in [1.165, 1.54) is 0 Å². The number of hydrogen-bond donors (Lipinski definition) is 1. The molecular formula is C11H24O2. The Kier molecular flexibility index (Phi) is 7.29. The highest BCUT2D eigenvalue weighted by molar-refractivity contribution is 4.60. The number of hydrogen-bond acceptors (Lipinski definition) is 2. The molecule has 0 saturated carbocycles. The summed E-state index contributed by atoms with van der Waals surface area (Å²) in [5.74, 6) is 1.08. The molecular weight excluding hydrogens is 164 g/mol. The number of rotatable bonds is 7. The van der Waals surface area contributed by atoms with Crippen molar-refractivity contribution in [2.75, 3.05) is 13.2 Å². The standard InChI is InChI=1S/C11H24O2/c1-9(2)7-11(8-12)5-6-13-10(3)4/h9-12H,5-8H2,1-4H3. The normalized spacial score (nSPS) is 14.1. The molecule has 0 amide bonds. The first kappa shape index (κ1) is 12.9. The van der Waals surface area contributed by atoms with Gasteiger partial charge in [-0.05, 0) is 38.5 Å². The maximum Gasteiger partial charge on any atom is 0.0518 e. The van der Waals surface area contributed by atoms with E-state index in [1.807, 2.05) is 13.8 Å². The van der Waals surface area contributed by atoms with Gasteiger partial charge in [-0.15, -0.1) is 0 Å². The van der Waals surface area contributed by atoms with Crippen LogP contribution in [0.25, 0.3) is 0 Å². The topological polar surface area (TPSA) is 29.5 Å². The van der Waals surface area contributed by atoms with Crippen LogP contribution < -0.4 is 0 Å². The highest BCUT2D eigenvalue weighted by Crippen LogP contribution is 2.14. The molecule has 0 spiro atoms. The quantitative estimate of drug-likeness (QED) is 0.665. The van der Waals surface area contributed by atoms with Gasteiger partial charge in [-0.2, -0.15) is 0 Å². The molecule has 0 aliphatic carbocycles. The summed E-state index contributed by atoms with van der Waals surface area (Å²) in [6.45, 7) is 9.51. The minimum atomic E-state index is 0.291. The van der Waals surface area contributed by atoms with Crippen LogP contribution in [0.1, 0.15) is 40.5 Å². The lowest BCUT2D eigenvalue weighted by molar-refractivity contribution is 0.0582. The lowest BCUT2D eigenvalue weighted by atomic mass is 9.95. The van der Waals surface area contributed by atoms with Crippen molar-refractivity contribution in [3.8, 4) is 0 Å². The molecule has 0 rings (SSSR count). The first-order chi connectivity index (χ1) is 6.06. The molecule has 1 atom stereocenters. The van der Waals surface area contributed by atoms with Crippen molar-refractivity contribution in [1.82, 2.24) is 0 Å². The van der Waals surface area contributed by atoms with Gasteiger partial charge in [0.1, 0.15) is 0 Å². The zero-order chi connectivity index (χ0) is 10.3. The van der Waals surface area contributed by atoms with Crippen LogP contribution in [0.3, 0.4) is 0 Å². The second-order valence-corrected chi connectivity index (χ2v) is 4.39. The monoisotopic (exact) mass is 188 g/mol. The van der Waals surface area contributed by atoms with Crippen molar-refractivity contribution in [3.63, 3.8) is 0 Å². The molecule has 0 aliphatic heterocycles. The van der Waals surface area contributed by atoms with Gasteiger partial charge < -0.3 is 9.84 Å². The van der Waals surface area contributed by atoms with Gasteiger partial charge in [0.25, 0.3) is 0 Å². The van der Waals surface area contributed by atoms with Crippen LogP contribution in [0.2, 0.25) is 0 Å². The summed E-state index contributed by atoms with van der Waals surface area (Å²) in [5.41, 5.74) is 0. The van der Waals surface area contributed by atoms with Crippen molar-refractivity contribution in [1.29, 1.82) is 0 Å². The van der Waals surface area contributed by atoms with E-state index in [-0.39, 0.29) is 0 Å². The van der Waals surface area contributed by atoms with Crippen LogP contribution in [0.15, 0.2) is 0 Å². The summed E-state index contributed by atoms with van der Waals surface area (Å²) in [5, 5.41) is 9.08. The fourth-order valence-corrected chi connectivity index (χ4v) is 1.42. The highest BCUT2D eigenvalue weighted by atomic mass is 16.5. The van der Waals surface area contributed by atoms with Crippen LogP contribution in [-0.4, -0.2) is 24.4 Å². The molecule has 1 unspecified atom stereocenters. The molecule has 0 aromatic carbocycles. The predicted molar refractivity (Wildman–Crippen MR) is 55.7 cm³/mol. The molecule has 2 heteroatoms. The summed E-state index contributed by atoms with van der Waals surface area (Å²) in [4.78, 5) is 0. The van der Waals surface area contributed by atoms with Crippen molar-refractivity contribution in [3.05, 3.63) is 0 Å². The second kappa shape index (κ2) is 7.34. The number of aliphatic hydroxyl groups excluding tert-OH is 1. The average molecular weight is 188 g/mol. The Morgan fingerprint density at radius 2 is 1.77 bits per heavy atom. The largest absolute Gasteiger partial charge is 0.396 e. The SMILES string of the molecule is CC(C)CC(CO)CCOC(C)C. The van der Waals surface area contributed by atoms with Gasteiger partial charge in [-0.25, -0.2) is 0 Å². The molecule has 1 N–H and O–H groups in total. The Morgan fingerprint density at radius 3 is 2.15 bits per heavy atom. The lowest BCUT2D eigenvalue weighted by Crippen LogP contribution is -2.14. The molecule has 0 fully saturated rings. The smallest absolute Gasteiger partial charge is 0.0518 e. The van der Waals surface area contributed by atoms with Crippen molar-refractivity contribution in [2.24, 2.45) is 11.8 Å². The maximum absolute atomic E-state index is 9.08. The molecule has 0 aliphatic rings. The van der Waals surface area contributed by atoms with Crippen molar-refractivity contribution >= 4 is 0 Å². The van der Waals surface area contributed by atoms with Gasteiger partial charge in [0.15, 0.2) is 0 Å². The van der Waals surface area contributed by atoms with E-state index < -0.39 is 0 Å². The highest BCUT2D eigenvalue weighted by Gasteiger charge is 2.09. The van der Waals surface area contributed by atoms with E-state index in [9.17, 15) is 0 Å². The predicted octanol–water partition coefficient (Wildman–Crippen LogP) is 2.46. The van der Waals surface area contributed by atoms with E-state index in [4.69, 9.17) is 9.84 Å². The van der Waals surface area contributed by atoms with Gasteiger partial charge in [0.2, 0.25) is 0 Å². The van der Waals surface area contributed by atoms with Gasteiger partial charge in [-0.3, -0.25) is 0 Å². The first-order valence-corrected chi connectivity index (χ1v) is 5.28. The molecule has 0 radical (unpaired) electrons. The Balaban J connectivity index is 3.48. The van der Waals surface area contributed by atoms with E-state index in [1.54, 1.807) is 0 Å². The summed E-state index contributed by atoms with van der Waals surface area (Å²) in [6, 6.07) is 0. The Labute approximate surface area is 82.3 Å². The Morgan fingerprint density at radius 1 is 1.15 bits per heavy atom. The van der Waals surface area contributed by atoms with E-state index >= 15 is 0 Å². The third-order valence-corrected chi connectivity index (χ3v) is 2.04. The third kappa shape index (κ3) is 8.26. The minimum Gasteiger partial charge on any atom is -0.396 e. The lowest BCUT2D eigenvalue weighted by Gasteiger charge is -2.17. The summed E-state index contributed by atoms with van der Waals surface area (Å²) >= 11 is 0. The molecule has 0 aromatic heterocycles. The van der Waals surface area contributed by atoms with Gasteiger partial charge >= 0.3 is 0 Å².